The first kappa shape index (κ1) is 41.8. The van der Waals surface area contributed by atoms with Gasteiger partial charge in [0.15, 0.2) is 11.7 Å². The fraction of sp³-hybridized carbons (Fsp3) is 0.106. The van der Waals surface area contributed by atoms with Crippen LogP contribution >= 0.6 is 0 Å². The fourth-order valence-corrected chi connectivity index (χ4v) is 10.5. The van der Waals surface area contributed by atoms with Crippen molar-refractivity contribution >= 4 is 0 Å². The molecule has 0 fully saturated rings. The highest BCUT2D eigenvalue weighted by Gasteiger charge is 2.40. The molecule has 11 rings (SSSR count). The fourth-order valence-electron chi connectivity index (χ4n) is 10.5. The van der Waals surface area contributed by atoms with Gasteiger partial charge in [-0.25, -0.2) is 0 Å². The Kier molecular flexibility index (Phi) is 11.4. The van der Waals surface area contributed by atoms with Gasteiger partial charge in [-0.05, 0) is 168 Å². The van der Waals surface area contributed by atoms with Crippen molar-refractivity contribution in [2.45, 2.75) is 45.1 Å². The zero-order valence-electron chi connectivity index (χ0n) is 38.4. The average molecular weight is 861 g/mol. The van der Waals surface area contributed by atoms with E-state index >= 15 is 0 Å². The number of hydrogen-bond donors (Lipinski definition) is 0. The summed E-state index contributed by atoms with van der Waals surface area (Å²) >= 11 is 0. The van der Waals surface area contributed by atoms with Crippen LogP contribution in [0.2, 0.25) is 0 Å². The van der Waals surface area contributed by atoms with Crippen LogP contribution in [0.1, 0.15) is 38.7 Å². The van der Waals surface area contributed by atoms with E-state index in [1.165, 1.54) is 106 Å². The second kappa shape index (κ2) is 18.2. The molecular formula is C66H54N+. The van der Waals surface area contributed by atoms with Crippen molar-refractivity contribution < 1.29 is 4.57 Å². The van der Waals surface area contributed by atoms with E-state index in [-0.39, 0.29) is 5.54 Å². The summed E-state index contributed by atoms with van der Waals surface area (Å²) in [7, 11) is 0. The summed E-state index contributed by atoms with van der Waals surface area (Å²) in [4.78, 5) is 0. The lowest BCUT2D eigenvalue weighted by atomic mass is 9.86. The van der Waals surface area contributed by atoms with Crippen molar-refractivity contribution in [3.05, 3.63) is 248 Å². The normalized spacial score (nSPS) is 12.7. The van der Waals surface area contributed by atoms with Gasteiger partial charge in [0, 0.05) is 37.0 Å². The minimum Gasteiger partial charge on any atom is -0.193 e. The van der Waals surface area contributed by atoms with Crippen LogP contribution in [0.4, 0.5) is 0 Å². The minimum atomic E-state index is 0.118. The van der Waals surface area contributed by atoms with Crippen LogP contribution in [0, 0.1) is 0 Å². The molecule has 0 amide bonds. The van der Waals surface area contributed by atoms with Crippen LogP contribution in [0.5, 0.6) is 0 Å². The first-order valence-corrected chi connectivity index (χ1v) is 24.0. The minimum absolute atomic E-state index is 0.118. The summed E-state index contributed by atoms with van der Waals surface area (Å²) in [5.41, 5.74) is 23.4. The Labute approximate surface area is 396 Å². The van der Waals surface area contributed by atoms with Crippen molar-refractivity contribution in [1.29, 1.82) is 0 Å². The van der Waals surface area contributed by atoms with Crippen LogP contribution in [0.25, 0.3) is 100 Å². The van der Waals surface area contributed by atoms with Gasteiger partial charge >= 0.3 is 0 Å². The highest BCUT2D eigenvalue weighted by atomic mass is 15.1. The van der Waals surface area contributed by atoms with Gasteiger partial charge in [-0.1, -0.05) is 172 Å². The van der Waals surface area contributed by atoms with Gasteiger partial charge in [-0.15, -0.1) is 0 Å². The van der Waals surface area contributed by atoms with Gasteiger partial charge in [-0.3, -0.25) is 0 Å². The molecule has 1 heteroatoms. The molecule has 2 heterocycles. The molecule has 1 aromatic heterocycles. The maximum Gasteiger partial charge on any atom is 0.213 e. The third kappa shape index (κ3) is 8.35. The molecule has 0 spiro atoms. The molecule has 0 bridgehead atoms. The molecule has 1 aliphatic rings. The predicted octanol–water partition coefficient (Wildman–Crippen LogP) is 17.4. The maximum atomic E-state index is 2.58. The second-order valence-corrected chi connectivity index (χ2v) is 18.2. The summed E-state index contributed by atoms with van der Waals surface area (Å²) in [6.45, 7) is 4.70. The van der Waals surface area contributed by atoms with Gasteiger partial charge in [0.2, 0.25) is 5.69 Å². The Morgan fingerprint density at radius 1 is 0.313 bits per heavy atom. The lowest BCUT2D eigenvalue weighted by molar-refractivity contribution is -0.757. The number of nitrogens with zero attached hydrogens (tertiary/aromatic N) is 1. The second-order valence-electron chi connectivity index (χ2n) is 18.2. The van der Waals surface area contributed by atoms with Crippen molar-refractivity contribution in [3.63, 3.8) is 0 Å². The summed E-state index contributed by atoms with van der Waals surface area (Å²) in [5, 5.41) is 0. The van der Waals surface area contributed by atoms with Gasteiger partial charge in [0.05, 0.1) is 0 Å². The zero-order chi connectivity index (χ0) is 45.2. The first-order valence-electron chi connectivity index (χ1n) is 24.0. The maximum absolute atomic E-state index is 2.58. The van der Waals surface area contributed by atoms with Crippen molar-refractivity contribution in [2.75, 3.05) is 0 Å². The Hall–Kier alpha value is -7.87. The molecule has 10 aromatic rings. The molecule has 0 saturated heterocycles. The summed E-state index contributed by atoms with van der Waals surface area (Å²) in [6.07, 6.45) is 6.76. The van der Waals surface area contributed by atoms with Gasteiger partial charge in [-0.2, -0.15) is 4.57 Å². The van der Waals surface area contributed by atoms with E-state index in [9.17, 15) is 0 Å². The SMILES string of the molecule is CCC1(CC)CCc2ccc(-c3cccc(-c4cc(-c5cccc(-c6cccc(-c7ccccc7)c6)c5)cc(-c5cc(-c6ccccc6)cc(-c6ccccc6)c5)c4)c3)cc2-c2cccc[n+]21. The third-order valence-corrected chi connectivity index (χ3v) is 14.4. The molecule has 0 atom stereocenters. The zero-order valence-corrected chi connectivity index (χ0v) is 38.4. The standard InChI is InChI=1S/C66H54N/c1-3-66(4-2)35-34-50-32-33-57(46-64(50)65-31-14-15-36-67(65)66)54-28-18-30-56(39-54)61-43-60(55-29-17-27-53(38-55)52-26-16-25-51(37-52)47-19-8-5-9-20-47)44-63(45-61)62-41-58(48-21-10-6-11-22-48)40-59(42-62)49-23-12-7-13-24-49/h5-33,36-46H,3-4,34-35H2,1-2H3/q+1. The number of pyridine rings is 1. The van der Waals surface area contributed by atoms with Crippen molar-refractivity contribution in [2.24, 2.45) is 0 Å². The molecule has 0 saturated carbocycles. The van der Waals surface area contributed by atoms with E-state index in [2.05, 4.69) is 261 Å². The van der Waals surface area contributed by atoms with Gasteiger partial charge < -0.3 is 0 Å². The smallest absolute Gasteiger partial charge is 0.193 e. The van der Waals surface area contributed by atoms with E-state index in [0.29, 0.717) is 0 Å². The molecule has 1 nitrogen and oxygen atoms in total. The average Bonchev–Trinajstić information content (AvgIpc) is 3.56. The van der Waals surface area contributed by atoms with E-state index in [1.807, 2.05) is 0 Å². The molecule has 9 aromatic carbocycles. The van der Waals surface area contributed by atoms with E-state index < -0.39 is 0 Å². The molecule has 0 radical (unpaired) electrons. The Balaban J connectivity index is 1.06. The number of aromatic nitrogens is 1. The summed E-state index contributed by atoms with van der Waals surface area (Å²) < 4.78 is 2.58. The van der Waals surface area contributed by atoms with Crippen LogP contribution in [-0.2, 0) is 12.0 Å². The molecular weight excluding hydrogens is 807 g/mol. The molecule has 67 heavy (non-hydrogen) atoms. The highest BCUT2D eigenvalue weighted by molar-refractivity contribution is 5.88. The van der Waals surface area contributed by atoms with Crippen LogP contribution < -0.4 is 4.57 Å². The van der Waals surface area contributed by atoms with Crippen molar-refractivity contribution in [3.8, 4) is 100 Å². The van der Waals surface area contributed by atoms with Crippen LogP contribution in [0.3, 0.4) is 0 Å². The summed E-state index contributed by atoms with van der Waals surface area (Å²) in [6, 6.07) is 87.5. The monoisotopic (exact) mass is 860 g/mol. The number of benzene rings is 9. The van der Waals surface area contributed by atoms with Crippen LogP contribution in [0.15, 0.2) is 243 Å². The molecule has 1 aliphatic heterocycles. The van der Waals surface area contributed by atoms with E-state index in [0.717, 1.165) is 25.7 Å². The third-order valence-electron chi connectivity index (χ3n) is 14.4. The molecule has 0 aliphatic carbocycles. The molecule has 0 N–H and O–H groups in total. The predicted molar refractivity (Wildman–Crippen MR) is 282 cm³/mol. The number of hydrogen-bond acceptors (Lipinski definition) is 0. The number of rotatable bonds is 10. The van der Waals surface area contributed by atoms with Crippen LogP contribution in [-0.4, -0.2) is 0 Å². The number of aryl methyl sites for hydroxylation is 1. The Morgan fingerprint density at radius 3 is 1.09 bits per heavy atom. The van der Waals surface area contributed by atoms with Gasteiger partial charge in [0.1, 0.15) is 0 Å². The highest BCUT2D eigenvalue weighted by Crippen LogP contribution is 2.41. The lowest BCUT2D eigenvalue weighted by Gasteiger charge is -2.26. The summed E-state index contributed by atoms with van der Waals surface area (Å²) in [5.74, 6) is 0. The quantitative estimate of drug-likeness (QED) is 0.121. The lowest BCUT2D eigenvalue weighted by Crippen LogP contribution is -2.56. The van der Waals surface area contributed by atoms with E-state index in [1.54, 1.807) is 0 Å². The number of fused-ring (bicyclic) bond motifs is 3. The Bertz CT molecular complexity index is 3300. The Morgan fingerprint density at radius 2 is 0.642 bits per heavy atom. The van der Waals surface area contributed by atoms with Crippen molar-refractivity contribution in [1.82, 2.24) is 0 Å². The van der Waals surface area contributed by atoms with Gasteiger partial charge in [0.25, 0.3) is 0 Å². The first-order chi connectivity index (χ1) is 33.0. The van der Waals surface area contributed by atoms with E-state index in [4.69, 9.17) is 0 Å². The largest absolute Gasteiger partial charge is 0.213 e. The molecule has 0 unspecified atom stereocenters. The topological polar surface area (TPSA) is 3.88 Å². The molecule has 322 valence electrons.